The first-order chi connectivity index (χ1) is 10.9. The summed E-state index contributed by atoms with van der Waals surface area (Å²) in [4.78, 5) is 18.9. The predicted octanol–water partition coefficient (Wildman–Crippen LogP) is 2.17. The SMILES string of the molecule is O=C(c1ccc(C(F)(F)F)nc1)N1CCC(n2nccn2)CC1. The van der Waals surface area contributed by atoms with Crippen molar-refractivity contribution in [3.63, 3.8) is 0 Å². The smallest absolute Gasteiger partial charge is 0.338 e. The molecule has 1 aliphatic rings. The van der Waals surface area contributed by atoms with Crippen molar-refractivity contribution in [2.75, 3.05) is 13.1 Å². The van der Waals surface area contributed by atoms with Crippen LogP contribution in [-0.2, 0) is 6.18 Å². The number of pyridine rings is 1. The lowest BCUT2D eigenvalue weighted by Gasteiger charge is -2.31. The van der Waals surface area contributed by atoms with Crippen LogP contribution in [0.4, 0.5) is 13.2 Å². The fourth-order valence-electron chi connectivity index (χ4n) is 2.59. The van der Waals surface area contributed by atoms with Crippen molar-refractivity contribution in [3.8, 4) is 0 Å². The molecule has 3 rings (SSSR count). The Kier molecular flexibility index (Phi) is 4.01. The third-order valence-electron chi connectivity index (χ3n) is 3.82. The molecule has 1 fully saturated rings. The van der Waals surface area contributed by atoms with Crippen molar-refractivity contribution in [2.24, 2.45) is 0 Å². The third kappa shape index (κ3) is 3.33. The molecule has 23 heavy (non-hydrogen) atoms. The molecule has 0 atom stereocenters. The van der Waals surface area contributed by atoms with Crippen molar-refractivity contribution in [1.82, 2.24) is 24.9 Å². The van der Waals surface area contributed by atoms with Crippen LogP contribution in [0.25, 0.3) is 0 Å². The van der Waals surface area contributed by atoms with Gasteiger partial charge in [-0.15, -0.1) is 0 Å². The maximum absolute atomic E-state index is 12.5. The Balaban J connectivity index is 1.63. The first-order valence-corrected chi connectivity index (χ1v) is 7.13. The summed E-state index contributed by atoms with van der Waals surface area (Å²) in [6.45, 7) is 1.01. The number of amides is 1. The molecule has 0 spiro atoms. The number of piperidine rings is 1. The van der Waals surface area contributed by atoms with Crippen molar-refractivity contribution in [3.05, 3.63) is 42.0 Å². The van der Waals surface area contributed by atoms with E-state index in [1.165, 1.54) is 6.07 Å². The number of aromatic nitrogens is 4. The maximum Gasteiger partial charge on any atom is 0.433 e. The number of likely N-dealkylation sites (tertiary alicyclic amines) is 1. The molecule has 0 unspecified atom stereocenters. The van der Waals surface area contributed by atoms with E-state index in [-0.39, 0.29) is 17.5 Å². The molecule has 1 saturated heterocycles. The van der Waals surface area contributed by atoms with Crippen molar-refractivity contribution in [1.29, 1.82) is 0 Å². The molecule has 0 aromatic carbocycles. The highest BCUT2D eigenvalue weighted by atomic mass is 19.4. The Bertz CT molecular complexity index is 661. The van der Waals surface area contributed by atoms with Gasteiger partial charge in [-0.05, 0) is 25.0 Å². The van der Waals surface area contributed by atoms with Crippen LogP contribution in [0.15, 0.2) is 30.7 Å². The summed E-state index contributed by atoms with van der Waals surface area (Å²) in [5, 5.41) is 8.17. The zero-order chi connectivity index (χ0) is 16.4. The van der Waals surface area contributed by atoms with Gasteiger partial charge in [0, 0.05) is 19.3 Å². The highest BCUT2D eigenvalue weighted by Gasteiger charge is 2.32. The number of alkyl halides is 3. The van der Waals surface area contributed by atoms with Gasteiger partial charge in [-0.2, -0.15) is 28.2 Å². The summed E-state index contributed by atoms with van der Waals surface area (Å²) in [5.74, 6) is -0.307. The van der Waals surface area contributed by atoms with Gasteiger partial charge in [0.2, 0.25) is 0 Å². The lowest BCUT2D eigenvalue weighted by atomic mass is 10.0. The molecule has 0 bridgehead atoms. The van der Waals surface area contributed by atoms with E-state index in [9.17, 15) is 18.0 Å². The van der Waals surface area contributed by atoms with Gasteiger partial charge >= 0.3 is 6.18 Å². The Morgan fingerprint density at radius 3 is 2.30 bits per heavy atom. The van der Waals surface area contributed by atoms with Gasteiger partial charge in [0.05, 0.1) is 24.0 Å². The summed E-state index contributed by atoms with van der Waals surface area (Å²) in [5.41, 5.74) is -0.842. The lowest BCUT2D eigenvalue weighted by Crippen LogP contribution is -2.39. The second kappa shape index (κ2) is 5.98. The number of hydrogen-bond acceptors (Lipinski definition) is 4. The number of carbonyl (C=O) groups excluding carboxylic acids is 1. The van der Waals surface area contributed by atoms with Gasteiger partial charge in [-0.25, -0.2) is 0 Å². The van der Waals surface area contributed by atoms with Crippen LogP contribution in [0.1, 0.15) is 34.9 Å². The molecule has 122 valence electrons. The van der Waals surface area contributed by atoms with Crippen molar-refractivity contribution >= 4 is 5.91 Å². The number of nitrogens with zero attached hydrogens (tertiary/aromatic N) is 5. The van der Waals surface area contributed by atoms with Gasteiger partial charge < -0.3 is 4.90 Å². The van der Waals surface area contributed by atoms with Crippen LogP contribution < -0.4 is 0 Å². The molecular formula is C14H14F3N5O. The van der Waals surface area contributed by atoms with Crippen LogP contribution in [0, 0.1) is 0 Å². The van der Waals surface area contributed by atoms with Gasteiger partial charge in [0.15, 0.2) is 0 Å². The summed E-state index contributed by atoms with van der Waals surface area (Å²) >= 11 is 0. The monoisotopic (exact) mass is 325 g/mol. The minimum absolute atomic E-state index is 0.139. The first-order valence-electron chi connectivity index (χ1n) is 7.13. The molecule has 0 radical (unpaired) electrons. The zero-order valence-electron chi connectivity index (χ0n) is 12.1. The number of rotatable bonds is 2. The molecular weight excluding hydrogens is 311 g/mol. The molecule has 0 saturated carbocycles. The fourth-order valence-corrected chi connectivity index (χ4v) is 2.59. The van der Waals surface area contributed by atoms with Crippen LogP contribution >= 0.6 is 0 Å². The molecule has 0 N–H and O–H groups in total. The number of hydrogen-bond donors (Lipinski definition) is 0. The van der Waals surface area contributed by atoms with Crippen LogP contribution in [0.3, 0.4) is 0 Å². The average Bonchev–Trinajstić information content (AvgIpc) is 3.08. The van der Waals surface area contributed by atoms with E-state index in [2.05, 4.69) is 15.2 Å². The highest BCUT2D eigenvalue weighted by molar-refractivity contribution is 5.94. The molecule has 2 aromatic heterocycles. The quantitative estimate of drug-likeness (QED) is 0.849. The Hall–Kier alpha value is -2.45. The molecule has 3 heterocycles. The maximum atomic E-state index is 12.5. The Labute approximate surface area is 129 Å². The molecule has 6 nitrogen and oxygen atoms in total. The molecule has 9 heteroatoms. The van der Waals surface area contributed by atoms with E-state index < -0.39 is 11.9 Å². The minimum Gasteiger partial charge on any atom is -0.338 e. The topological polar surface area (TPSA) is 63.9 Å². The van der Waals surface area contributed by atoms with Gasteiger partial charge in [0.25, 0.3) is 5.91 Å². The van der Waals surface area contributed by atoms with E-state index in [1.807, 2.05) is 0 Å². The van der Waals surface area contributed by atoms with Crippen LogP contribution in [0.5, 0.6) is 0 Å². The number of carbonyl (C=O) groups is 1. The van der Waals surface area contributed by atoms with Crippen LogP contribution in [0.2, 0.25) is 0 Å². The Morgan fingerprint density at radius 1 is 1.13 bits per heavy atom. The largest absolute Gasteiger partial charge is 0.433 e. The Morgan fingerprint density at radius 2 is 1.78 bits per heavy atom. The normalized spacial score (nSPS) is 16.6. The summed E-state index contributed by atoms with van der Waals surface area (Å²) in [6, 6.07) is 2.13. The van der Waals surface area contributed by atoms with Crippen molar-refractivity contribution < 1.29 is 18.0 Å². The standard InChI is InChI=1S/C14H14F3N5O/c15-14(16,17)12-2-1-10(9-18-12)13(23)21-7-3-11(4-8-21)22-19-5-6-20-22/h1-2,5-6,9,11H,3-4,7-8H2. The summed E-state index contributed by atoms with van der Waals surface area (Å²) in [6.07, 6.45) is 1.09. The van der Waals surface area contributed by atoms with E-state index in [0.717, 1.165) is 12.3 Å². The zero-order valence-corrected chi connectivity index (χ0v) is 12.1. The molecule has 2 aromatic rings. The third-order valence-corrected chi connectivity index (χ3v) is 3.82. The average molecular weight is 325 g/mol. The molecule has 0 aliphatic carbocycles. The minimum atomic E-state index is -4.50. The fraction of sp³-hybridized carbons (Fsp3) is 0.429. The lowest BCUT2D eigenvalue weighted by molar-refractivity contribution is -0.141. The molecule has 1 aliphatic heterocycles. The van der Waals surface area contributed by atoms with E-state index in [4.69, 9.17) is 0 Å². The van der Waals surface area contributed by atoms with E-state index in [0.29, 0.717) is 25.9 Å². The second-order valence-electron chi connectivity index (χ2n) is 5.30. The predicted molar refractivity (Wildman–Crippen MR) is 73.4 cm³/mol. The highest BCUT2D eigenvalue weighted by Crippen LogP contribution is 2.27. The van der Waals surface area contributed by atoms with Crippen LogP contribution in [-0.4, -0.2) is 43.9 Å². The first kappa shape index (κ1) is 15.4. The van der Waals surface area contributed by atoms with Gasteiger partial charge in [-0.1, -0.05) is 0 Å². The van der Waals surface area contributed by atoms with Gasteiger partial charge in [-0.3, -0.25) is 9.78 Å². The summed E-state index contributed by atoms with van der Waals surface area (Å²) in [7, 11) is 0. The van der Waals surface area contributed by atoms with Gasteiger partial charge in [0.1, 0.15) is 5.69 Å². The van der Waals surface area contributed by atoms with E-state index in [1.54, 1.807) is 22.1 Å². The second-order valence-corrected chi connectivity index (χ2v) is 5.30. The van der Waals surface area contributed by atoms with Crippen molar-refractivity contribution in [2.45, 2.75) is 25.1 Å². The number of halogens is 3. The summed E-state index contributed by atoms with van der Waals surface area (Å²) < 4.78 is 37.4. The molecule has 1 amide bonds. The van der Waals surface area contributed by atoms with E-state index >= 15 is 0 Å².